The molecule has 1 aromatic heterocycles. The van der Waals surface area contributed by atoms with E-state index in [1.165, 1.54) is 0 Å². The molecule has 0 bridgehead atoms. The van der Waals surface area contributed by atoms with Crippen LogP contribution in [0.1, 0.15) is 12.5 Å². The first kappa shape index (κ1) is 10.8. The Morgan fingerprint density at radius 2 is 2.19 bits per heavy atom. The van der Waals surface area contributed by atoms with Crippen molar-refractivity contribution in [3.05, 3.63) is 41.6 Å². The minimum atomic E-state index is 0.287. The van der Waals surface area contributed by atoms with Crippen LogP contribution in [0, 0.1) is 0 Å². The Balaban J connectivity index is 2.58. The second kappa shape index (κ2) is 4.02. The van der Waals surface area contributed by atoms with Gasteiger partial charge >= 0.3 is 0 Å². The molecule has 0 atom stereocenters. The van der Waals surface area contributed by atoms with Gasteiger partial charge in [-0.1, -0.05) is 28.9 Å². The van der Waals surface area contributed by atoms with Gasteiger partial charge in [0.25, 0.3) is 0 Å². The van der Waals surface area contributed by atoms with Gasteiger partial charge in [-0.2, -0.15) is 0 Å². The van der Waals surface area contributed by atoms with Crippen molar-refractivity contribution in [2.75, 3.05) is 5.73 Å². The molecule has 16 heavy (non-hydrogen) atoms. The Morgan fingerprint density at radius 1 is 1.44 bits per heavy atom. The molecule has 82 valence electrons. The van der Waals surface area contributed by atoms with E-state index >= 15 is 0 Å². The SMILES string of the molecule is C=C(C)c1cc(Cl)cc(-c2cnoc2N)c1. The van der Waals surface area contributed by atoms with Crippen molar-refractivity contribution >= 4 is 23.1 Å². The number of rotatable bonds is 2. The molecule has 0 unspecified atom stereocenters. The monoisotopic (exact) mass is 234 g/mol. The zero-order valence-corrected chi connectivity index (χ0v) is 9.58. The van der Waals surface area contributed by atoms with Crippen LogP contribution in [0.5, 0.6) is 0 Å². The molecule has 0 aliphatic carbocycles. The lowest BCUT2D eigenvalue weighted by molar-refractivity contribution is 0.436. The van der Waals surface area contributed by atoms with E-state index < -0.39 is 0 Å². The normalized spacial score (nSPS) is 10.4. The molecule has 1 aromatic carbocycles. The molecular formula is C12H11ClN2O. The van der Waals surface area contributed by atoms with E-state index in [9.17, 15) is 0 Å². The summed E-state index contributed by atoms with van der Waals surface area (Å²) in [5, 5.41) is 4.27. The molecule has 2 aromatic rings. The van der Waals surface area contributed by atoms with Crippen LogP contribution in [0.3, 0.4) is 0 Å². The van der Waals surface area contributed by atoms with Crippen LogP contribution in [0.25, 0.3) is 16.7 Å². The Morgan fingerprint density at radius 3 is 2.75 bits per heavy atom. The van der Waals surface area contributed by atoms with E-state index in [1.807, 2.05) is 25.1 Å². The van der Waals surface area contributed by atoms with Gasteiger partial charge in [-0.3, -0.25) is 0 Å². The molecule has 0 aliphatic rings. The number of allylic oxidation sites excluding steroid dienone is 1. The van der Waals surface area contributed by atoms with Gasteiger partial charge in [-0.15, -0.1) is 0 Å². The first-order valence-corrected chi connectivity index (χ1v) is 5.12. The number of nitrogen functional groups attached to an aromatic ring is 1. The molecule has 1 heterocycles. The van der Waals surface area contributed by atoms with Crippen LogP contribution >= 0.6 is 11.6 Å². The van der Waals surface area contributed by atoms with Crippen molar-refractivity contribution in [3.63, 3.8) is 0 Å². The third kappa shape index (κ3) is 1.95. The Kier molecular flexibility index (Phi) is 2.71. The van der Waals surface area contributed by atoms with Crippen LogP contribution in [0.4, 0.5) is 5.88 Å². The van der Waals surface area contributed by atoms with Crippen LogP contribution in [-0.4, -0.2) is 5.16 Å². The maximum atomic E-state index is 6.03. The van der Waals surface area contributed by atoms with Gasteiger partial charge in [0.2, 0.25) is 5.88 Å². The Bertz CT molecular complexity index is 546. The van der Waals surface area contributed by atoms with Crippen molar-refractivity contribution in [1.29, 1.82) is 0 Å². The van der Waals surface area contributed by atoms with Crippen molar-refractivity contribution in [2.24, 2.45) is 0 Å². The van der Waals surface area contributed by atoms with Gasteiger partial charge in [-0.25, -0.2) is 0 Å². The summed E-state index contributed by atoms with van der Waals surface area (Å²) in [4.78, 5) is 0. The van der Waals surface area contributed by atoms with E-state index in [-0.39, 0.29) is 5.88 Å². The van der Waals surface area contributed by atoms with Gasteiger partial charge < -0.3 is 10.3 Å². The predicted molar refractivity (Wildman–Crippen MR) is 66.1 cm³/mol. The fraction of sp³-hybridized carbons (Fsp3) is 0.0833. The average Bonchev–Trinajstić information content (AvgIpc) is 2.63. The summed E-state index contributed by atoms with van der Waals surface area (Å²) in [6.45, 7) is 5.81. The summed E-state index contributed by atoms with van der Waals surface area (Å²) < 4.78 is 4.82. The van der Waals surface area contributed by atoms with E-state index in [4.69, 9.17) is 21.9 Å². The average molecular weight is 235 g/mol. The third-order valence-corrected chi connectivity index (χ3v) is 2.52. The lowest BCUT2D eigenvalue weighted by atomic mass is 10.0. The van der Waals surface area contributed by atoms with Crippen LogP contribution in [0.15, 0.2) is 35.5 Å². The molecular weight excluding hydrogens is 224 g/mol. The molecule has 2 N–H and O–H groups in total. The molecule has 0 aliphatic heterocycles. The molecule has 0 saturated carbocycles. The maximum absolute atomic E-state index is 6.03. The summed E-state index contributed by atoms with van der Waals surface area (Å²) in [5.74, 6) is 0.287. The van der Waals surface area contributed by atoms with Gasteiger partial charge in [-0.05, 0) is 36.2 Å². The molecule has 2 rings (SSSR count). The molecule has 3 nitrogen and oxygen atoms in total. The van der Waals surface area contributed by atoms with Gasteiger partial charge in [0.1, 0.15) is 0 Å². The zero-order valence-electron chi connectivity index (χ0n) is 8.83. The van der Waals surface area contributed by atoms with E-state index in [0.29, 0.717) is 5.02 Å². The number of hydrogen-bond acceptors (Lipinski definition) is 3. The first-order chi connectivity index (χ1) is 7.58. The maximum Gasteiger partial charge on any atom is 0.229 e. The number of aromatic nitrogens is 1. The number of nitrogens with two attached hydrogens (primary N) is 1. The highest BCUT2D eigenvalue weighted by Crippen LogP contribution is 2.30. The minimum Gasteiger partial charge on any atom is -0.367 e. The van der Waals surface area contributed by atoms with Crippen molar-refractivity contribution in [2.45, 2.75) is 6.92 Å². The quantitative estimate of drug-likeness (QED) is 0.864. The van der Waals surface area contributed by atoms with Crippen LogP contribution < -0.4 is 5.73 Å². The third-order valence-electron chi connectivity index (χ3n) is 2.30. The summed E-state index contributed by atoms with van der Waals surface area (Å²) in [6, 6.07) is 5.63. The molecule has 0 spiro atoms. The highest BCUT2D eigenvalue weighted by atomic mass is 35.5. The second-order valence-electron chi connectivity index (χ2n) is 3.61. The summed E-state index contributed by atoms with van der Waals surface area (Å²) >= 11 is 6.03. The molecule has 0 radical (unpaired) electrons. The number of nitrogens with zero attached hydrogens (tertiary/aromatic N) is 1. The van der Waals surface area contributed by atoms with E-state index in [2.05, 4.69) is 11.7 Å². The highest BCUT2D eigenvalue weighted by molar-refractivity contribution is 6.31. The van der Waals surface area contributed by atoms with E-state index in [0.717, 1.165) is 22.3 Å². The topological polar surface area (TPSA) is 52.0 Å². The van der Waals surface area contributed by atoms with E-state index in [1.54, 1.807) is 6.20 Å². The molecule has 0 saturated heterocycles. The molecule has 0 fully saturated rings. The molecule has 4 heteroatoms. The Labute approximate surface area is 98.5 Å². The zero-order chi connectivity index (χ0) is 11.7. The smallest absolute Gasteiger partial charge is 0.229 e. The first-order valence-electron chi connectivity index (χ1n) is 4.75. The van der Waals surface area contributed by atoms with Crippen molar-refractivity contribution in [1.82, 2.24) is 5.16 Å². The standard InChI is InChI=1S/C12H11ClN2O/c1-7(2)8-3-9(5-10(13)4-8)11-6-15-16-12(11)14/h3-6H,1,14H2,2H3. The highest BCUT2D eigenvalue weighted by Gasteiger charge is 2.09. The largest absolute Gasteiger partial charge is 0.367 e. The lowest BCUT2D eigenvalue weighted by Crippen LogP contribution is -1.86. The van der Waals surface area contributed by atoms with Gasteiger partial charge in [0, 0.05) is 5.02 Å². The molecule has 0 amide bonds. The fourth-order valence-corrected chi connectivity index (χ4v) is 1.69. The van der Waals surface area contributed by atoms with Crippen molar-refractivity contribution in [3.8, 4) is 11.1 Å². The predicted octanol–water partition coefficient (Wildman–Crippen LogP) is 3.61. The van der Waals surface area contributed by atoms with Gasteiger partial charge in [0.05, 0.1) is 11.8 Å². The van der Waals surface area contributed by atoms with Crippen LogP contribution in [0.2, 0.25) is 5.02 Å². The van der Waals surface area contributed by atoms with Crippen LogP contribution in [-0.2, 0) is 0 Å². The Hall–Kier alpha value is -1.74. The second-order valence-corrected chi connectivity index (χ2v) is 4.05. The minimum absolute atomic E-state index is 0.287. The number of anilines is 1. The summed E-state index contributed by atoms with van der Waals surface area (Å²) in [5.41, 5.74) is 9.19. The van der Waals surface area contributed by atoms with Gasteiger partial charge in [0.15, 0.2) is 0 Å². The summed E-state index contributed by atoms with van der Waals surface area (Å²) in [7, 11) is 0. The summed E-state index contributed by atoms with van der Waals surface area (Å²) in [6.07, 6.45) is 1.57. The fourth-order valence-electron chi connectivity index (χ4n) is 1.46. The lowest BCUT2D eigenvalue weighted by Gasteiger charge is -2.05. The number of halogens is 1. The number of benzene rings is 1. The van der Waals surface area contributed by atoms with Crippen molar-refractivity contribution < 1.29 is 4.52 Å². The number of hydrogen-bond donors (Lipinski definition) is 1.